The van der Waals surface area contributed by atoms with E-state index >= 15 is 0 Å². The molecule has 0 aliphatic carbocycles. The molecule has 2 aliphatic heterocycles. The highest BCUT2D eigenvalue weighted by Gasteiger charge is 2.54. The number of pyridine rings is 2. The first-order valence-corrected chi connectivity index (χ1v) is 9.17. The maximum Gasteiger partial charge on any atom is 0.255 e. The van der Waals surface area contributed by atoms with Crippen LogP contribution in [0, 0.1) is 12.8 Å². The number of anilines is 1. The minimum Gasteiger partial charge on any atom is -0.371 e. The average molecular weight is 352 g/mol. The molecule has 0 aromatic carbocycles. The molecule has 2 saturated heterocycles. The number of ether oxygens (including phenoxy) is 1. The molecule has 1 spiro atoms. The lowest BCUT2D eigenvalue weighted by molar-refractivity contribution is -0.117. The lowest BCUT2D eigenvalue weighted by Crippen LogP contribution is -2.66. The molecule has 2 aromatic rings. The van der Waals surface area contributed by atoms with Crippen LogP contribution in [0.4, 0.5) is 5.82 Å². The van der Waals surface area contributed by atoms with Gasteiger partial charge in [0.15, 0.2) is 0 Å². The topological polar surface area (TPSA) is 67.3 Å². The van der Waals surface area contributed by atoms with E-state index in [1.807, 2.05) is 42.2 Å². The number of carbonyl (C=O) groups is 1. The van der Waals surface area contributed by atoms with E-state index in [1.54, 1.807) is 12.4 Å². The number of nitrogens with one attached hydrogen (secondary N) is 1. The van der Waals surface area contributed by atoms with Crippen molar-refractivity contribution in [2.45, 2.75) is 25.4 Å². The van der Waals surface area contributed by atoms with E-state index in [1.165, 1.54) is 0 Å². The predicted octanol–water partition coefficient (Wildman–Crippen LogP) is 2.52. The molecule has 26 heavy (non-hydrogen) atoms. The highest BCUT2D eigenvalue weighted by Crippen LogP contribution is 2.42. The third-order valence-electron chi connectivity index (χ3n) is 5.43. The highest BCUT2D eigenvalue weighted by molar-refractivity contribution is 5.94. The summed E-state index contributed by atoms with van der Waals surface area (Å²) in [5, 5.41) is 3.37. The molecule has 1 amide bonds. The SMILES string of the molecule is Cc1ccc(C(=O)N2CC3(C2)OCCC3CCNc2ccccn2)cn1. The zero-order chi connectivity index (χ0) is 18.0. The van der Waals surface area contributed by atoms with Crippen molar-refractivity contribution in [3.05, 3.63) is 54.0 Å². The number of likely N-dealkylation sites (tertiary alicyclic amines) is 1. The van der Waals surface area contributed by atoms with E-state index in [9.17, 15) is 4.79 Å². The van der Waals surface area contributed by atoms with Crippen LogP contribution in [-0.4, -0.2) is 52.6 Å². The fraction of sp³-hybridized carbons (Fsp3) is 0.450. The van der Waals surface area contributed by atoms with Crippen molar-refractivity contribution >= 4 is 11.7 Å². The third kappa shape index (κ3) is 3.29. The van der Waals surface area contributed by atoms with E-state index in [2.05, 4.69) is 15.3 Å². The second-order valence-electron chi connectivity index (χ2n) is 7.18. The summed E-state index contributed by atoms with van der Waals surface area (Å²) in [7, 11) is 0. The van der Waals surface area contributed by atoms with E-state index in [4.69, 9.17) is 4.74 Å². The second-order valence-corrected chi connectivity index (χ2v) is 7.18. The molecular formula is C20H24N4O2. The van der Waals surface area contributed by atoms with Crippen LogP contribution in [0.15, 0.2) is 42.7 Å². The molecule has 1 N–H and O–H groups in total. The average Bonchev–Trinajstić information content (AvgIpc) is 3.05. The molecule has 1 unspecified atom stereocenters. The first-order chi connectivity index (χ1) is 12.7. The number of amides is 1. The highest BCUT2D eigenvalue weighted by atomic mass is 16.5. The van der Waals surface area contributed by atoms with Gasteiger partial charge >= 0.3 is 0 Å². The summed E-state index contributed by atoms with van der Waals surface area (Å²) in [5.74, 6) is 1.42. The summed E-state index contributed by atoms with van der Waals surface area (Å²) in [6.07, 6.45) is 5.52. The van der Waals surface area contributed by atoms with E-state index in [0.29, 0.717) is 24.6 Å². The molecule has 2 aliphatic rings. The summed E-state index contributed by atoms with van der Waals surface area (Å²) >= 11 is 0. The van der Waals surface area contributed by atoms with Crippen molar-refractivity contribution in [1.82, 2.24) is 14.9 Å². The van der Waals surface area contributed by atoms with Crippen LogP contribution >= 0.6 is 0 Å². The normalized spacial score (nSPS) is 20.8. The van der Waals surface area contributed by atoms with Gasteiger partial charge in [-0.2, -0.15) is 0 Å². The Bertz CT molecular complexity index is 757. The summed E-state index contributed by atoms with van der Waals surface area (Å²) < 4.78 is 6.07. The molecule has 0 bridgehead atoms. The minimum absolute atomic E-state index is 0.0454. The maximum absolute atomic E-state index is 12.6. The van der Waals surface area contributed by atoms with Gasteiger partial charge in [0.2, 0.25) is 0 Å². The van der Waals surface area contributed by atoms with Gasteiger partial charge in [0.25, 0.3) is 5.91 Å². The number of hydrogen-bond acceptors (Lipinski definition) is 5. The lowest BCUT2D eigenvalue weighted by atomic mass is 9.78. The Morgan fingerprint density at radius 2 is 2.19 bits per heavy atom. The zero-order valence-electron chi connectivity index (χ0n) is 15.0. The molecule has 2 fully saturated rings. The fourth-order valence-electron chi connectivity index (χ4n) is 3.90. The lowest BCUT2D eigenvalue weighted by Gasteiger charge is -2.50. The number of rotatable bonds is 5. The van der Waals surface area contributed by atoms with Gasteiger partial charge in [-0.25, -0.2) is 4.98 Å². The quantitative estimate of drug-likeness (QED) is 0.896. The number of aromatic nitrogens is 2. The second kappa shape index (κ2) is 7.03. The van der Waals surface area contributed by atoms with Crippen LogP contribution in [0.2, 0.25) is 0 Å². The van der Waals surface area contributed by atoms with Crippen LogP contribution < -0.4 is 5.32 Å². The van der Waals surface area contributed by atoms with Gasteiger partial charge in [-0.05, 0) is 49.9 Å². The molecule has 136 valence electrons. The Kier molecular flexibility index (Phi) is 4.59. The van der Waals surface area contributed by atoms with Gasteiger partial charge in [0.05, 0.1) is 18.7 Å². The third-order valence-corrected chi connectivity index (χ3v) is 5.43. The largest absolute Gasteiger partial charge is 0.371 e. The van der Waals surface area contributed by atoms with E-state index in [-0.39, 0.29) is 11.5 Å². The number of hydrogen-bond donors (Lipinski definition) is 1. The molecule has 6 heteroatoms. The first kappa shape index (κ1) is 17.0. The van der Waals surface area contributed by atoms with Gasteiger partial charge in [-0.15, -0.1) is 0 Å². The van der Waals surface area contributed by atoms with Crippen molar-refractivity contribution in [2.75, 3.05) is 31.6 Å². The summed E-state index contributed by atoms with van der Waals surface area (Å²) in [4.78, 5) is 23.0. The zero-order valence-corrected chi connectivity index (χ0v) is 15.0. The van der Waals surface area contributed by atoms with Crippen LogP contribution in [0.1, 0.15) is 28.9 Å². The Morgan fingerprint density at radius 1 is 1.31 bits per heavy atom. The van der Waals surface area contributed by atoms with E-state index < -0.39 is 0 Å². The fourth-order valence-corrected chi connectivity index (χ4v) is 3.90. The summed E-state index contributed by atoms with van der Waals surface area (Å²) in [6.45, 7) is 4.91. The van der Waals surface area contributed by atoms with Crippen molar-refractivity contribution in [3.63, 3.8) is 0 Å². The van der Waals surface area contributed by atoms with Crippen LogP contribution in [0.25, 0.3) is 0 Å². The van der Waals surface area contributed by atoms with Crippen molar-refractivity contribution < 1.29 is 9.53 Å². The Labute approximate surface area is 153 Å². The molecule has 4 heterocycles. The maximum atomic E-state index is 12.6. The smallest absolute Gasteiger partial charge is 0.255 e. The predicted molar refractivity (Wildman–Crippen MR) is 99.0 cm³/mol. The van der Waals surface area contributed by atoms with Crippen LogP contribution in [0.5, 0.6) is 0 Å². The molecule has 4 rings (SSSR count). The Morgan fingerprint density at radius 3 is 2.92 bits per heavy atom. The number of carbonyl (C=O) groups excluding carboxylic acids is 1. The van der Waals surface area contributed by atoms with Gasteiger partial charge in [-0.1, -0.05) is 6.07 Å². The molecule has 0 saturated carbocycles. The van der Waals surface area contributed by atoms with Gasteiger partial charge in [0.1, 0.15) is 11.4 Å². The van der Waals surface area contributed by atoms with E-state index in [0.717, 1.165) is 37.5 Å². The van der Waals surface area contributed by atoms with Crippen molar-refractivity contribution in [1.29, 1.82) is 0 Å². The van der Waals surface area contributed by atoms with Gasteiger partial charge in [-0.3, -0.25) is 9.78 Å². The molecule has 0 radical (unpaired) electrons. The summed E-state index contributed by atoms with van der Waals surface area (Å²) in [5.41, 5.74) is 1.40. The number of aryl methyl sites for hydroxylation is 1. The van der Waals surface area contributed by atoms with Crippen molar-refractivity contribution in [2.24, 2.45) is 5.92 Å². The van der Waals surface area contributed by atoms with Crippen molar-refractivity contribution in [3.8, 4) is 0 Å². The summed E-state index contributed by atoms with van der Waals surface area (Å²) in [6, 6.07) is 9.58. The minimum atomic E-state index is -0.167. The molecule has 1 atom stereocenters. The Balaban J connectivity index is 1.31. The van der Waals surface area contributed by atoms with Crippen LogP contribution in [0.3, 0.4) is 0 Å². The molecule has 2 aromatic heterocycles. The molecular weight excluding hydrogens is 328 g/mol. The molecule has 6 nitrogen and oxygen atoms in total. The monoisotopic (exact) mass is 352 g/mol. The Hall–Kier alpha value is -2.47. The standard InChI is InChI=1S/C20H24N4O2/c1-15-5-6-16(12-23-15)19(25)24-13-20(14-24)17(8-11-26-20)7-10-22-18-4-2-3-9-21-18/h2-6,9,12,17H,7-8,10-11,13-14H2,1H3,(H,21,22). The first-order valence-electron chi connectivity index (χ1n) is 9.17. The van der Waals surface area contributed by atoms with Gasteiger partial charge in [0, 0.05) is 31.2 Å². The number of nitrogens with zero attached hydrogens (tertiary/aromatic N) is 3. The van der Waals surface area contributed by atoms with Crippen LogP contribution in [-0.2, 0) is 4.74 Å². The van der Waals surface area contributed by atoms with Gasteiger partial charge < -0.3 is 15.0 Å².